The Labute approximate surface area is 215 Å². The molecule has 38 heavy (non-hydrogen) atoms. The third-order valence-electron chi connectivity index (χ3n) is 6.01. The Morgan fingerprint density at radius 3 is 2.58 bits per heavy atom. The minimum absolute atomic E-state index is 0.0477. The molecule has 0 radical (unpaired) electrons. The van der Waals surface area contributed by atoms with Gasteiger partial charge >= 0.3 is 6.18 Å². The lowest BCUT2D eigenvalue weighted by Gasteiger charge is -2.19. The molecule has 0 bridgehead atoms. The number of benzene rings is 3. The molecule has 5 rings (SSSR count). The number of fused-ring (bicyclic) bond motifs is 1. The van der Waals surface area contributed by atoms with E-state index in [-0.39, 0.29) is 24.8 Å². The Hall–Kier alpha value is -4.31. The highest BCUT2D eigenvalue weighted by atomic mass is 19.4. The largest absolute Gasteiger partial charge is 0.419 e. The Morgan fingerprint density at radius 2 is 1.79 bits per heavy atom. The van der Waals surface area contributed by atoms with Gasteiger partial charge in [-0.25, -0.2) is 19.3 Å². The predicted octanol–water partition coefficient (Wildman–Crippen LogP) is 6.42. The van der Waals surface area contributed by atoms with E-state index in [9.17, 15) is 17.6 Å². The molecular weight excluding hydrogens is 498 g/mol. The molecule has 0 saturated carbocycles. The number of ether oxygens (including phenoxy) is 1. The molecule has 5 aromatic rings. The van der Waals surface area contributed by atoms with Crippen LogP contribution >= 0.6 is 0 Å². The van der Waals surface area contributed by atoms with Gasteiger partial charge < -0.3 is 15.0 Å². The van der Waals surface area contributed by atoms with Crippen LogP contribution in [-0.2, 0) is 23.9 Å². The van der Waals surface area contributed by atoms with Gasteiger partial charge in [-0.1, -0.05) is 48.5 Å². The number of hydrogen-bond donors (Lipinski definition) is 2. The first kappa shape index (κ1) is 25.3. The lowest BCUT2D eigenvalue weighted by molar-refractivity contribution is -0.140. The number of hydrogen-bond acceptors (Lipinski definition) is 5. The fourth-order valence-corrected chi connectivity index (χ4v) is 4.15. The van der Waals surface area contributed by atoms with Gasteiger partial charge in [-0.2, -0.15) is 13.2 Å². The van der Waals surface area contributed by atoms with Crippen LogP contribution in [0.1, 0.15) is 16.8 Å². The number of aromatic amines is 1. The first-order valence-corrected chi connectivity index (χ1v) is 11.9. The van der Waals surface area contributed by atoms with Crippen LogP contribution < -0.4 is 5.32 Å². The monoisotopic (exact) mass is 521 g/mol. The van der Waals surface area contributed by atoms with Crippen molar-refractivity contribution in [3.63, 3.8) is 0 Å². The molecule has 10 heteroatoms. The fourth-order valence-electron chi connectivity index (χ4n) is 4.15. The highest BCUT2D eigenvalue weighted by Gasteiger charge is 2.34. The molecule has 0 fully saturated rings. The molecule has 2 N–H and O–H groups in total. The summed E-state index contributed by atoms with van der Waals surface area (Å²) in [7, 11) is 0. The van der Waals surface area contributed by atoms with E-state index in [0.717, 1.165) is 33.8 Å². The summed E-state index contributed by atoms with van der Waals surface area (Å²) in [6, 6.07) is 18.7. The molecule has 0 aliphatic carbocycles. The van der Waals surface area contributed by atoms with E-state index in [0.29, 0.717) is 18.4 Å². The van der Waals surface area contributed by atoms with Crippen LogP contribution in [0.25, 0.3) is 22.0 Å². The number of alkyl halides is 3. The van der Waals surface area contributed by atoms with Crippen LogP contribution in [0.15, 0.2) is 85.5 Å². The van der Waals surface area contributed by atoms with Crippen LogP contribution in [0.4, 0.5) is 23.5 Å². The van der Waals surface area contributed by atoms with E-state index < -0.39 is 17.6 Å². The van der Waals surface area contributed by atoms with Crippen LogP contribution in [0.5, 0.6) is 0 Å². The van der Waals surface area contributed by atoms with Crippen molar-refractivity contribution in [1.29, 1.82) is 0 Å². The SMILES string of the molecule is Fc1c(COCC(Cc2c[nH]cn2)Nc2nccc(-c3ccc4ccccc4c3)n2)cccc1C(F)(F)F. The molecule has 0 amide bonds. The molecule has 2 heterocycles. The van der Waals surface area contributed by atoms with Gasteiger partial charge in [0, 0.05) is 29.9 Å². The highest BCUT2D eigenvalue weighted by molar-refractivity contribution is 5.86. The van der Waals surface area contributed by atoms with E-state index in [1.807, 2.05) is 42.5 Å². The lowest BCUT2D eigenvalue weighted by atomic mass is 10.1. The van der Waals surface area contributed by atoms with Gasteiger partial charge in [-0.3, -0.25) is 0 Å². The Morgan fingerprint density at radius 1 is 0.947 bits per heavy atom. The molecule has 6 nitrogen and oxygen atoms in total. The van der Waals surface area contributed by atoms with E-state index in [2.05, 4.69) is 31.3 Å². The number of rotatable bonds is 9. The summed E-state index contributed by atoms with van der Waals surface area (Å²) in [6.45, 7) is -0.279. The van der Waals surface area contributed by atoms with Crippen molar-refractivity contribution in [1.82, 2.24) is 19.9 Å². The van der Waals surface area contributed by atoms with Crippen molar-refractivity contribution in [2.75, 3.05) is 11.9 Å². The molecule has 1 atom stereocenters. The number of nitrogens with one attached hydrogen (secondary N) is 2. The summed E-state index contributed by atoms with van der Waals surface area (Å²) in [5, 5.41) is 5.44. The van der Waals surface area contributed by atoms with Gasteiger partial charge in [0.1, 0.15) is 5.82 Å². The summed E-state index contributed by atoms with van der Waals surface area (Å²) in [4.78, 5) is 16.1. The Balaban J connectivity index is 1.31. The quantitative estimate of drug-likeness (QED) is 0.219. The first-order chi connectivity index (χ1) is 18.4. The van der Waals surface area contributed by atoms with E-state index in [1.54, 1.807) is 18.7 Å². The first-order valence-electron chi connectivity index (χ1n) is 11.9. The molecule has 1 unspecified atom stereocenters. The maximum absolute atomic E-state index is 14.4. The second kappa shape index (κ2) is 11.0. The van der Waals surface area contributed by atoms with Crippen molar-refractivity contribution in [2.45, 2.75) is 25.2 Å². The number of halogens is 4. The van der Waals surface area contributed by atoms with Crippen LogP contribution in [0.3, 0.4) is 0 Å². The summed E-state index contributed by atoms with van der Waals surface area (Å²) in [5.41, 5.74) is 0.895. The van der Waals surface area contributed by atoms with Crippen molar-refractivity contribution < 1.29 is 22.3 Å². The van der Waals surface area contributed by atoms with Gasteiger partial charge in [-0.05, 0) is 29.0 Å². The van der Waals surface area contributed by atoms with Crippen molar-refractivity contribution in [3.8, 4) is 11.3 Å². The Bertz CT molecular complexity index is 1520. The van der Waals surface area contributed by atoms with Gasteiger partial charge in [0.25, 0.3) is 0 Å². The van der Waals surface area contributed by atoms with E-state index >= 15 is 0 Å². The number of aromatic nitrogens is 4. The lowest BCUT2D eigenvalue weighted by Crippen LogP contribution is -2.29. The summed E-state index contributed by atoms with van der Waals surface area (Å²) >= 11 is 0. The minimum atomic E-state index is -4.78. The molecule has 3 aromatic carbocycles. The number of nitrogens with zero attached hydrogens (tertiary/aromatic N) is 3. The van der Waals surface area contributed by atoms with Gasteiger partial charge in [-0.15, -0.1) is 0 Å². The maximum Gasteiger partial charge on any atom is 0.419 e. The zero-order valence-corrected chi connectivity index (χ0v) is 20.0. The summed E-state index contributed by atoms with van der Waals surface area (Å²) in [6.07, 6.45) is 0.551. The van der Waals surface area contributed by atoms with Crippen molar-refractivity contribution in [3.05, 3.63) is 108 Å². The second-order valence-corrected chi connectivity index (χ2v) is 8.72. The van der Waals surface area contributed by atoms with Gasteiger partial charge in [0.2, 0.25) is 5.95 Å². The maximum atomic E-state index is 14.4. The van der Waals surface area contributed by atoms with E-state index in [1.165, 1.54) is 6.07 Å². The van der Waals surface area contributed by atoms with Gasteiger partial charge in [0.15, 0.2) is 0 Å². The normalized spacial score (nSPS) is 12.5. The third kappa shape index (κ3) is 5.97. The molecule has 0 aliphatic heterocycles. The molecule has 0 aliphatic rings. The molecule has 194 valence electrons. The van der Waals surface area contributed by atoms with Crippen LogP contribution in [0.2, 0.25) is 0 Å². The average Bonchev–Trinajstić information content (AvgIpc) is 3.42. The molecule has 0 spiro atoms. The van der Waals surface area contributed by atoms with Gasteiger partial charge in [0.05, 0.1) is 42.5 Å². The zero-order chi connectivity index (χ0) is 26.5. The fraction of sp³-hybridized carbons (Fsp3) is 0.179. The number of imidazole rings is 1. The van der Waals surface area contributed by atoms with Crippen LogP contribution in [-0.4, -0.2) is 32.6 Å². The predicted molar refractivity (Wildman–Crippen MR) is 136 cm³/mol. The highest BCUT2D eigenvalue weighted by Crippen LogP contribution is 2.32. The zero-order valence-electron chi connectivity index (χ0n) is 20.0. The smallest absolute Gasteiger partial charge is 0.375 e. The van der Waals surface area contributed by atoms with E-state index in [4.69, 9.17) is 4.74 Å². The third-order valence-corrected chi connectivity index (χ3v) is 6.01. The van der Waals surface area contributed by atoms with Crippen molar-refractivity contribution in [2.24, 2.45) is 0 Å². The number of anilines is 1. The molecule has 2 aromatic heterocycles. The van der Waals surface area contributed by atoms with Crippen LogP contribution in [0, 0.1) is 5.82 Å². The summed E-state index contributed by atoms with van der Waals surface area (Å²) in [5.74, 6) is -0.978. The minimum Gasteiger partial charge on any atom is -0.375 e. The Kier molecular flexibility index (Phi) is 7.32. The molecule has 0 saturated heterocycles. The topological polar surface area (TPSA) is 75.7 Å². The standard InChI is InChI=1S/C28H23F4N5O/c29-26-21(6-3-7-24(26)28(30,31)32)15-38-16-23(13-22-14-33-17-35-22)36-27-34-11-10-25(37-27)20-9-8-18-4-1-2-5-19(18)12-20/h1-12,14,17,23H,13,15-16H2,(H,33,35)(H,34,36,37). The van der Waals surface area contributed by atoms with Crippen molar-refractivity contribution >= 4 is 16.7 Å². The second-order valence-electron chi connectivity index (χ2n) is 8.72. The number of H-pyrrole nitrogens is 1. The molecular formula is C28H23F4N5O. The summed E-state index contributed by atoms with van der Waals surface area (Å²) < 4.78 is 59.2. The average molecular weight is 522 g/mol.